The van der Waals surface area contributed by atoms with Gasteiger partial charge in [0.1, 0.15) is 11.3 Å². The molecule has 0 radical (unpaired) electrons. The highest BCUT2D eigenvalue weighted by Crippen LogP contribution is 2.25. The van der Waals surface area contributed by atoms with E-state index in [2.05, 4.69) is 4.72 Å². The van der Waals surface area contributed by atoms with Gasteiger partial charge in [0.05, 0.1) is 11.5 Å². The fraction of sp³-hybridized carbons (Fsp3) is 0.278. The van der Waals surface area contributed by atoms with Gasteiger partial charge >= 0.3 is 5.97 Å². The number of aromatic carboxylic acids is 1. The molecule has 2 aromatic carbocycles. The Balaban J connectivity index is 1.89. The summed E-state index contributed by atoms with van der Waals surface area (Å²) in [5.74, 6) is -1.86. The number of rotatable bonds is 9. The molecule has 26 heavy (non-hydrogen) atoms. The number of hydrogen-bond donors (Lipinski definition) is 3. The molecule has 0 spiro atoms. The largest absolute Gasteiger partial charge is 0.507 e. The Morgan fingerprint density at radius 1 is 1.19 bits per heavy atom. The number of aromatic hydroxyl groups is 1. The van der Waals surface area contributed by atoms with E-state index in [1.807, 2.05) is 30.3 Å². The summed E-state index contributed by atoms with van der Waals surface area (Å²) >= 11 is 0. The normalized spacial score (nSPS) is 11.4. The van der Waals surface area contributed by atoms with E-state index in [1.54, 1.807) is 0 Å². The Labute approximate surface area is 152 Å². The number of hydrogen-bond acceptors (Lipinski definition) is 5. The Morgan fingerprint density at radius 2 is 1.88 bits per heavy atom. The summed E-state index contributed by atoms with van der Waals surface area (Å²) in [6.45, 7) is 2.47. The second-order valence-corrected chi connectivity index (χ2v) is 7.46. The van der Waals surface area contributed by atoms with Crippen LogP contribution in [0.15, 0.2) is 47.4 Å². The summed E-state index contributed by atoms with van der Waals surface area (Å²) < 4.78 is 32.6. The molecule has 0 aliphatic heterocycles. The lowest BCUT2D eigenvalue weighted by Gasteiger charge is -2.11. The van der Waals surface area contributed by atoms with E-state index in [-0.39, 0.29) is 17.0 Å². The minimum absolute atomic E-state index is 0.153. The van der Waals surface area contributed by atoms with Crippen molar-refractivity contribution in [2.45, 2.75) is 24.8 Å². The van der Waals surface area contributed by atoms with Crippen molar-refractivity contribution in [2.24, 2.45) is 0 Å². The topological polar surface area (TPSA) is 113 Å². The number of sulfonamides is 1. The van der Waals surface area contributed by atoms with Crippen LogP contribution < -0.4 is 4.72 Å². The van der Waals surface area contributed by atoms with E-state index in [0.29, 0.717) is 19.6 Å². The molecule has 2 rings (SSSR count). The molecule has 0 fully saturated rings. The lowest BCUT2D eigenvalue weighted by molar-refractivity contribution is 0.0693. The lowest BCUT2D eigenvalue weighted by atomic mass is 10.1. The van der Waals surface area contributed by atoms with E-state index in [1.165, 1.54) is 6.92 Å². The minimum atomic E-state index is -3.88. The predicted molar refractivity (Wildman–Crippen MR) is 95.7 cm³/mol. The van der Waals surface area contributed by atoms with Crippen LogP contribution in [-0.2, 0) is 21.4 Å². The van der Waals surface area contributed by atoms with Crippen LogP contribution in [0.25, 0.3) is 0 Å². The Kier molecular flexibility index (Phi) is 6.73. The number of ether oxygens (including phenoxy) is 1. The van der Waals surface area contributed by atoms with Gasteiger partial charge in [-0.1, -0.05) is 30.3 Å². The average Bonchev–Trinajstić information content (AvgIpc) is 2.58. The van der Waals surface area contributed by atoms with Gasteiger partial charge in [0.25, 0.3) is 0 Å². The van der Waals surface area contributed by atoms with E-state index in [0.717, 1.165) is 17.7 Å². The zero-order chi connectivity index (χ0) is 19.2. The van der Waals surface area contributed by atoms with Gasteiger partial charge in [-0.25, -0.2) is 17.9 Å². The van der Waals surface area contributed by atoms with Crippen LogP contribution >= 0.6 is 0 Å². The van der Waals surface area contributed by atoms with E-state index < -0.39 is 27.3 Å². The van der Waals surface area contributed by atoms with Gasteiger partial charge < -0.3 is 14.9 Å². The molecule has 7 nitrogen and oxygen atoms in total. The van der Waals surface area contributed by atoms with Crippen LogP contribution in [0.3, 0.4) is 0 Å². The maximum Gasteiger partial charge on any atom is 0.339 e. The molecule has 0 saturated carbocycles. The molecule has 0 saturated heterocycles. The maximum absolute atomic E-state index is 12.4. The first-order valence-electron chi connectivity index (χ1n) is 7.99. The standard InChI is InChI=1S/C18H21NO6S/c1-13-10-16(20)15(18(21)22)11-17(13)26(23,24)19-8-5-9-25-12-14-6-3-2-4-7-14/h2-4,6-7,10-11,19-20H,5,8-9,12H2,1H3,(H,21,22). The molecule has 0 amide bonds. The third-order valence-corrected chi connectivity index (χ3v) is 5.29. The number of aryl methyl sites for hydroxylation is 1. The van der Waals surface area contributed by atoms with Gasteiger partial charge in [0, 0.05) is 13.2 Å². The zero-order valence-corrected chi connectivity index (χ0v) is 15.1. The molecule has 0 heterocycles. The zero-order valence-electron chi connectivity index (χ0n) is 14.3. The van der Waals surface area contributed by atoms with E-state index in [4.69, 9.17) is 9.84 Å². The van der Waals surface area contributed by atoms with Gasteiger partial charge in [0.15, 0.2) is 0 Å². The van der Waals surface area contributed by atoms with E-state index >= 15 is 0 Å². The van der Waals surface area contributed by atoms with Crippen LogP contribution in [0, 0.1) is 6.92 Å². The maximum atomic E-state index is 12.4. The van der Waals surface area contributed by atoms with Crippen molar-refractivity contribution < 1.29 is 28.2 Å². The van der Waals surface area contributed by atoms with Gasteiger partial charge in [0.2, 0.25) is 10.0 Å². The summed E-state index contributed by atoms with van der Waals surface area (Å²) in [6, 6.07) is 11.7. The Bertz CT molecular complexity index is 865. The highest BCUT2D eigenvalue weighted by Gasteiger charge is 2.21. The van der Waals surface area contributed by atoms with Crippen molar-refractivity contribution in [1.29, 1.82) is 0 Å². The van der Waals surface area contributed by atoms with Gasteiger partial charge in [-0.15, -0.1) is 0 Å². The molecule has 0 aliphatic rings. The quantitative estimate of drug-likeness (QED) is 0.576. The summed E-state index contributed by atoms with van der Waals surface area (Å²) in [6.07, 6.45) is 0.467. The smallest absolute Gasteiger partial charge is 0.339 e. The van der Waals surface area contributed by atoms with Crippen molar-refractivity contribution in [3.05, 3.63) is 59.2 Å². The van der Waals surface area contributed by atoms with Crippen molar-refractivity contribution in [2.75, 3.05) is 13.2 Å². The average molecular weight is 379 g/mol. The molecule has 0 atom stereocenters. The van der Waals surface area contributed by atoms with Crippen molar-refractivity contribution >= 4 is 16.0 Å². The van der Waals surface area contributed by atoms with Gasteiger partial charge in [-0.2, -0.15) is 0 Å². The van der Waals surface area contributed by atoms with Gasteiger partial charge in [-0.3, -0.25) is 0 Å². The monoisotopic (exact) mass is 379 g/mol. The van der Waals surface area contributed by atoms with Crippen LogP contribution in [0.5, 0.6) is 5.75 Å². The fourth-order valence-electron chi connectivity index (χ4n) is 2.36. The summed E-state index contributed by atoms with van der Waals surface area (Å²) in [5.41, 5.74) is 0.844. The van der Waals surface area contributed by atoms with Crippen LogP contribution in [-0.4, -0.2) is 37.8 Å². The molecule has 0 aromatic heterocycles. The fourth-order valence-corrected chi connectivity index (χ4v) is 3.68. The van der Waals surface area contributed by atoms with E-state index in [9.17, 15) is 18.3 Å². The summed E-state index contributed by atoms with van der Waals surface area (Å²) in [7, 11) is -3.88. The first kappa shape index (κ1) is 19.9. The number of carboxylic acids is 1. The summed E-state index contributed by atoms with van der Waals surface area (Å²) in [4.78, 5) is 10.9. The summed E-state index contributed by atoms with van der Waals surface area (Å²) in [5, 5.41) is 18.6. The second kappa shape index (κ2) is 8.79. The molecule has 0 bridgehead atoms. The SMILES string of the molecule is Cc1cc(O)c(C(=O)O)cc1S(=O)(=O)NCCCOCc1ccccc1. The minimum Gasteiger partial charge on any atom is -0.507 e. The molecule has 0 unspecified atom stereocenters. The number of carbonyl (C=O) groups is 1. The van der Waals surface area contributed by atoms with Crippen LogP contribution in [0.1, 0.15) is 27.9 Å². The molecule has 0 aliphatic carbocycles. The van der Waals surface area contributed by atoms with Crippen LogP contribution in [0.2, 0.25) is 0 Å². The lowest BCUT2D eigenvalue weighted by Crippen LogP contribution is -2.26. The highest BCUT2D eigenvalue weighted by molar-refractivity contribution is 7.89. The molecule has 140 valence electrons. The van der Waals surface area contributed by atoms with Crippen molar-refractivity contribution in [3.8, 4) is 5.75 Å². The van der Waals surface area contributed by atoms with Crippen LogP contribution in [0.4, 0.5) is 0 Å². The number of nitrogens with one attached hydrogen (secondary N) is 1. The Morgan fingerprint density at radius 3 is 2.54 bits per heavy atom. The first-order valence-corrected chi connectivity index (χ1v) is 9.48. The third-order valence-electron chi connectivity index (χ3n) is 3.68. The number of phenols is 1. The molecule has 8 heteroatoms. The molecule has 3 N–H and O–H groups in total. The molecule has 2 aromatic rings. The molecular formula is C18H21NO6S. The van der Waals surface area contributed by atoms with Crippen molar-refractivity contribution in [3.63, 3.8) is 0 Å². The van der Waals surface area contributed by atoms with Gasteiger partial charge in [-0.05, 0) is 36.6 Å². The highest BCUT2D eigenvalue weighted by atomic mass is 32.2. The molecular weight excluding hydrogens is 358 g/mol. The predicted octanol–water partition coefficient (Wildman–Crippen LogP) is 2.28. The van der Waals surface area contributed by atoms with Crippen molar-refractivity contribution in [1.82, 2.24) is 4.72 Å². The Hall–Kier alpha value is -2.42. The third kappa shape index (κ3) is 5.29. The first-order chi connectivity index (χ1) is 12.3. The number of benzene rings is 2. The second-order valence-electron chi connectivity index (χ2n) is 5.73. The number of carboxylic acid groups (broad SMARTS) is 1.